The fraction of sp³-hybridized carbons (Fsp3) is 0.500. The molecule has 1 aromatic carbocycles. The zero-order valence-corrected chi connectivity index (χ0v) is 14.0. The average molecular weight is 300 g/mol. The van der Waals surface area contributed by atoms with Crippen LogP contribution in [0.4, 0.5) is 0 Å². The monoisotopic (exact) mass is 300 g/mol. The lowest BCUT2D eigenvalue weighted by molar-refractivity contribution is 0.497. The molecule has 112 valence electrons. The molecule has 2 unspecified atom stereocenters. The Bertz CT molecular complexity index is 617. The summed E-state index contributed by atoms with van der Waals surface area (Å²) in [6, 6.07) is 7.77. The zero-order valence-electron chi connectivity index (χ0n) is 13.1. The van der Waals surface area contributed by atoms with Crippen LogP contribution in [0.25, 0.3) is 0 Å². The van der Waals surface area contributed by atoms with E-state index in [0.29, 0.717) is 12.1 Å². The van der Waals surface area contributed by atoms with E-state index in [1.807, 2.05) is 5.51 Å². The van der Waals surface area contributed by atoms with E-state index in [0.717, 1.165) is 5.69 Å². The van der Waals surface area contributed by atoms with Gasteiger partial charge in [-0.15, -0.1) is 11.3 Å². The van der Waals surface area contributed by atoms with Crippen molar-refractivity contribution in [3.05, 3.63) is 51.0 Å². The molecule has 0 fully saturated rings. The van der Waals surface area contributed by atoms with Crippen LogP contribution < -0.4 is 5.32 Å². The smallest absolute Gasteiger partial charge is 0.0798 e. The van der Waals surface area contributed by atoms with Crippen LogP contribution >= 0.6 is 11.3 Å². The molecule has 1 aliphatic carbocycles. The molecule has 3 heteroatoms. The molecule has 0 saturated carbocycles. The van der Waals surface area contributed by atoms with E-state index in [9.17, 15) is 0 Å². The molecule has 0 spiro atoms. The van der Waals surface area contributed by atoms with E-state index in [2.05, 4.69) is 49.3 Å². The van der Waals surface area contributed by atoms with Crippen molar-refractivity contribution >= 4 is 11.3 Å². The maximum absolute atomic E-state index is 4.35. The predicted octanol–water partition coefficient (Wildman–Crippen LogP) is 4.74. The number of hydrogen-bond donors (Lipinski definition) is 1. The third-order valence-electron chi connectivity index (χ3n) is 4.55. The number of aromatic nitrogens is 1. The number of aryl methyl sites for hydroxylation is 3. The van der Waals surface area contributed by atoms with E-state index < -0.39 is 0 Å². The summed E-state index contributed by atoms with van der Waals surface area (Å²) in [5, 5.41) is 3.72. The van der Waals surface area contributed by atoms with Gasteiger partial charge in [-0.2, -0.15) is 0 Å². The Labute approximate surface area is 131 Å². The minimum absolute atomic E-state index is 0.350. The second kappa shape index (κ2) is 6.29. The molecule has 1 aromatic heterocycles. The van der Waals surface area contributed by atoms with Gasteiger partial charge in [0.15, 0.2) is 0 Å². The molecule has 0 saturated heterocycles. The highest BCUT2D eigenvalue weighted by atomic mass is 32.1. The van der Waals surface area contributed by atoms with Gasteiger partial charge < -0.3 is 5.32 Å². The topological polar surface area (TPSA) is 24.9 Å². The minimum Gasteiger partial charge on any atom is -0.303 e. The van der Waals surface area contributed by atoms with Crippen LogP contribution in [0.5, 0.6) is 0 Å². The lowest BCUT2D eigenvalue weighted by Crippen LogP contribution is -2.22. The Balaban J connectivity index is 1.73. The van der Waals surface area contributed by atoms with E-state index in [-0.39, 0.29) is 0 Å². The summed E-state index contributed by atoms with van der Waals surface area (Å²) in [6.45, 7) is 6.58. The summed E-state index contributed by atoms with van der Waals surface area (Å²) in [5.74, 6) is 0. The van der Waals surface area contributed by atoms with Crippen LogP contribution in [0.3, 0.4) is 0 Å². The van der Waals surface area contributed by atoms with Crippen molar-refractivity contribution in [1.29, 1.82) is 0 Å². The molecule has 1 N–H and O–H groups in total. The fourth-order valence-corrected chi connectivity index (χ4v) is 4.12. The van der Waals surface area contributed by atoms with Crippen LogP contribution in [-0.4, -0.2) is 4.98 Å². The summed E-state index contributed by atoms with van der Waals surface area (Å²) < 4.78 is 0. The van der Waals surface area contributed by atoms with Gasteiger partial charge in [0.1, 0.15) is 0 Å². The molecule has 0 aliphatic heterocycles. The van der Waals surface area contributed by atoms with E-state index in [4.69, 9.17) is 0 Å². The molecule has 0 bridgehead atoms. The first-order valence-corrected chi connectivity index (χ1v) is 8.81. The summed E-state index contributed by atoms with van der Waals surface area (Å²) >= 11 is 1.74. The number of thiazole rings is 1. The highest BCUT2D eigenvalue weighted by molar-refractivity contribution is 7.09. The number of hydrogen-bond acceptors (Lipinski definition) is 3. The third-order valence-corrected chi connectivity index (χ3v) is 5.66. The molecule has 3 rings (SSSR count). The second-order valence-electron chi connectivity index (χ2n) is 6.15. The SMILES string of the molecule is Cc1ncsc1C(C)NC(C)c1ccc2c(c1)CCCC2. The predicted molar refractivity (Wildman–Crippen MR) is 89.9 cm³/mol. The summed E-state index contributed by atoms with van der Waals surface area (Å²) in [4.78, 5) is 5.70. The fourth-order valence-electron chi connectivity index (χ4n) is 3.30. The second-order valence-corrected chi connectivity index (χ2v) is 7.03. The number of fused-ring (bicyclic) bond motifs is 1. The largest absolute Gasteiger partial charge is 0.303 e. The average Bonchev–Trinajstić information content (AvgIpc) is 2.93. The maximum Gasteiger partial charge on any atom is 0.0798 e. The van der Waals surface area contributed by atoms with Crippen molar-refractivity contribution in [3.8, 4) is 0 Å². The van der Waals surface area contributed by atoms with Gasteiger partial charge >= 0.3 is 0 Å². The summed E-state index contributed by atoms with van der Waals surface area (Å²) in [6.07, 6.45) is 5.20. The molecule has 1 aliphatic rings. The standard InChI is InChI=1S/C18H24N2S/c1-12(20-14(3)18-13(2)19-11-21-18)16-9-8-15-6-4-5-7-17(15)10-16/h8-12,14,20H,4-7H2,1-3H3. The van der Waals surface area contributed by atoms with Gasteiger partial charge in [-0.3, -0.25) is 0 Å². The number of nitrogens with zero attached hydrogens (tertiary/aromatic N) is 1. The Morgan fingerprint density at radius 1 is 1.10 bits per heavy atom. The Morgan fingerprint density at radius 2 is 1.86 bits per heavy atom. The van der Waals surface area contributed by atoms with Crippen LogP contribution in [0.2, 0.25) is 0 Å². The molecule has 0 amide bonds. The molecule has 1 heterocycles. The van der Waals surface area contributed by atoms with Gasteiger partial charge in [0.25, 0.3) is 0 Å². The van der Waals surface area contributed by atoms with Crippen LogP contribution in [0.15, 0.2) is 23.7 Å². The Hall–Kier alpha value is -1.19. The van der Waals surface area contributed by atoms with Crippen molar-refractivity contribution in [2.24, 2.45) is 0 Å². The van der Waals surface area contributed by atoms with E-state index >= 15 is 0 Å². The Kier molecular flexibility index (Phi) is 4.41. The quantitative estimate of drug-likeness (QED) is 0.882. The molecular weight excluding hydrogens is 276 g/mol. The van der Waals surface area contributed by atoms with Gasteiger partial charge in [-0.1, -0.05) is 18.2 Å². The third kappa shape index (κ3) is 3.19. The highest BCUT2D eigenvalue weighted by Gasteiger charge is 2.16. The summed E-state index contributed by atoms with van der Waals surface area (Å²) in [7, 11) is 0. The van der Waals surface area contributed by atoms with Gasteiger partial charge in [0, 0.05) is 17.0 Å². The number of rotatable bonds is 4. The normalized spacial score (nSPS) is 17.3. The molecular formula is C18H24N2S. The van der Waals surface area contributed by atoms with Gasteiger partial charge in [-0.25, -0.2) is 4.98 Å². The lowest BCUT2D eigenvalue weighted by atomic mass is 9.89. The van der Waals surface area contributed by atoms with Crippen molar-refractivity contribution in [2.45, 2.75) is 58.5 Å². The van der Waals surface area contributed by atoms with Crippen LogP contribution in [-0.2, 0) is 12.8 Å². The van der Waals surface area contributed by atoms with Crippen LogP contribution in [0.1, 0.15) is 66.0 Å². The minimum atomic E-state index is 0.350. The first kappa shape index (κ1) is 14.7. The number of nitrogens with one attached hydrogen (secondary N) is 1. The van der Waals surface area contributed by atoms with Crippen molar-refractivity contribution < 1.29 is 0 Å². The Morgan fingerprint density at radius 3 is 2.57 bits per heavy atom. The molecule has 2 nitrogen and oxygen atoms in total. The first-order valence-electron chi connectivity index (χ1n) is 7.93. The summed E-state index contributed by atoms with van der Waals surface area (Å²) in [5.41, 5.74) is 7.62. The molecule has 2 aromatic rings. The number of benzene rings is 1. The lowest BCUT2D eigenvalue weighted by Gasteiger charge is -2.22. The first-order chi connectivity index (χ1) is 10.1. The van der Waals surface area contributed by atoms with Crippen LogP contribution in [0, 0.1) is 6.92 Å². The maximum atomic E-state index is 4.35. The van der Waals surface area contributed by atoms with Gasteiger partial charge in [0.05, 0.1) is 11.2 Å². The molecule has 2 atom stereocenters. The highest BCUT2D eigenvalue weighted by Crippen LogP contribution is 2.27. The zero-order chi connectivity index (χ0) is 14.8. The molecule has 21 heavy (non-hydrogen) atoms. The van der Waals surface area contributed by atoms with E-state index in [1.165, 1.54) is 36.1 Å². The van der Waals surface area contributed by atoms with Crippen molar-refractivity contribution in [3.63, 3.8) is 0 Å². The van der Waals surface area contributed by atoms with Gasteiger partial charge in [0.2, 0.25) is 0 Å². The van der Waals surface area contributed by atoms with E-state index in [1.54, 1.807) is 22.5 Å². The molecule has 0 radical (unpaired) electrons. The van der Waals surface area contributed by atoms with Gasteiger partial charge in [-0.05, 0) is 63.1 Å². The van der Waals surface area contributed by atoms with Crippen molar-refractivity contribution in [1.82, 2.24) is 10.3 Å². The van der Waals surface area contributed by atoms with Crippen molar-refractivity contribution in [2.75, 3.05) is 0 Å².